The number of nitro groups is 1. The second kappa shape index (κ2) is 5.01. The van der Waals surface area contributed by atoms with Crippen molar-refractivity contribution >= 4 is 16.6 Å². The van der Waals surface area contributed by atoms with Crippen molar-refractivity contribution < 1.29 is 4.92 Å². The molecule has 1 aromatic heterocycles. The van der Waals surface area contributed by atoms with E-state index in [1.807, 2.05) is 22.8 Å². The highest BCUT2D eigenvalue weighted by Gasteiger charge is 2.29. The maximum Gasteiger partial charge on any atom is 0.280 e. The zero-order valence-electron chi connectivity index (χ0n) is 12.2. The van der Waals surface area contributed by atoms with Crippen molar-refractivity contribution in [2.24, 2.45) is 0 Å². The van der Waals surface area contributed by atoms with Crippen LogP contribution in [-0.4, -0.2) is 14.5 Å². The van der Waals surface area contributed by atoms with E-state index < -0.39 is 4.92 Å². The highest BCUT2D eigenvalue weighted by atomic mass is 16.6. The lowest BCUT2D eigenvalue weighted by Crippen LogP contribution is -2.17. The fourth-order valence-corrected chi connectivity index (χ4v) is 2.80. The molecule has 0 amide bonds. The molecule has 1 heterocycles. The molecule has 6 nitrogen and oxygen atoms in total. The molecule has 0 spiro atoms. The summed E-state index contributed by atoms with van der Waals surface area (Å²) in [4.78, 5) is 26.9. The lowest BCUT2D eigenvalue weighted by Gasteiger charge is -2.15. The molecule has 0 N–H and O–H groups in total. The molecule has 4 rings (SSSR count). The highest BCUT2D eigenvalue weighted by Crippen LogP contribution is 2.40. The van der Waals surface area contributed by atoms with E-state index in [-0.39, 0.29) is 17.2 Å². The van der Waals surface area contributed by atoms with Gasteiger partial charge in [0.1, 0.15) is 5.82 Å². The lowest BCUT2D eigenvalue weighted by atomic mass is 10.2. The predicted molar refractivity (Wildman–Crippen MR) is 86.0 cm³/mol. The third-order valence-corrected chi connectivity index (χ3v) is 4.08. The molecule has 1 fully saturated rings. The molecule has 1 aliphatic rings. The zero-order chi connectivity index (χ0) is 16.0. The van der Waals surface area contributed by atoms with Crippen LogP contribution in [-0.2, 0) is 0 Å². The van der Waals surface area contributed by atoms with Gasteiger partial charge in [-0.05, 0) is 37.1 Å². The van der Waals surface area contributed by atoms with Crippen LogP contribution in [0.3, 0.4) is 0 Å². The molecule has 0 unspecified atom stereocenters. The van der Waals surface area contributed by atoms with Crippen LogP contribution in [0.4, 0.5) is 5.69 Å². The fourth-order valence-electron chi connectivity index (χ4n) is 2.80. The molecule has 2 aromatic carbocycles. The van der Waals surface area contributed by atoms with Crippen LogP contribution in [0, 0.1) is 10.1 Å². The topological polar surface area (TPSA) is 78.0 Å². The first-order valence-corrected chi connectivity index (χ1v) is 7.41. The van der Waals surface area contributed by atoms with Gasteiger partial charge in [0.05, 0.1) is 15.8 Å². The van der Waals surface area contributed by atoms with E-state index in [0.717, 1.165) is 29.9 Å². The maximum atomic E-state index is 12.2. The monoisotopic (exact) mass is 307 g/mol. The molecule has 23 heavy (non-hydrogen) atoms. The Morgan fingerprint density at radius 2 is 1.78 bits per heavy atom. The SMILES string of the molecule is O=c1nc(C2CC2)n(-c2ccc([N+](=O)[O-])cc2)c2ccccc12. The lowest BCUT2D eigenvalue weighted by molar-refractivity contribution is -0.384. The summed E-state index contributed by atoms with van der Waals surface area (Å²) in [5, 5.41) is 11.4. The van der Waals surface area contributed by atoms with E-state index in [2.05, 4.69) is 4.98 Å². The molecule has 0 bridgehead atoms. The van der Waals surface area contributed by atoms with Gasteiger partial charge in [0, 0.05) is 23.7 Å². The number of fused-ring (bicyclic) bond motifs is 1. The Morgan fingerprint density at radius 3 is 2.43 bits per heavy atom. The Balaban J connectivity index is 2.01. The Morgan fingerprint density at radius 1 is 1.09 bits per heavy atom. The van der Waals surface area contributed by atoms with Crippen molar-refractivity contribution in [2.75, 3.05) is 0 Å². The van der Waals surface area contributed by atoms with Crippen molar-refractivity contribution in [3.05, 3.63) is 74.8 Å². The smallest absolute Gasteiger partial charge is 0.280 e. The number of hydrogen-bond acceptors (Lipinski definition) is 4. The molecule has 3 aromatic rings. The van der Waals surface area contributed by atoms with Gasteiger partial charge < -0.3 is 0 Å². The van der Waals surface area contributed by atoms with Crippen molar-refractivity contribution in [2.45, 2.75) is 18.8 Å². The van der Waals surface area contributed by atoms with Gasteiger partial charge in [-0.25, -0.2) is 0 Å². The number of non-ortho nitro benzene ring substituents is 1. The van der Waals surface area contributed by atoms with Gasteiger partial charge in [0.25, 0.3) is 11.2 Å². The summed E-state index contributed by atoms with van der Waals surface area (Å²) in [7, 11) is 0. The minimum atomic E-state index is -0.423. The number of nitrogens with zero attached hydrogens (tertiary/aromatic N) is 3. The van der Waals surface area contributed by atoms with E-state index in [1.165, 1.54) is 12.1 Å². The summed E-state index contributed by atoms with van der Waals surface area (Å²) in [6.07, 6.45) is 2.02. The summed E-state index contributed by atoms with van der Waals surface area (Å²) < 4.78 is 1.94. The van der Waals surface area contributed by atoms with E-state index in [0.29, 0.717) is 5.39 Å². The summed E-state index contributed by atoms with van der Waals surface area (Å²) in [5.74, 6) is 1.02. The fraction of sp³-hybridized carbons (Fsp3) is 0.176. The molecule has 0 aliphatic heterocycles. The van der Waals surface area contributed by atoms with Crippen LogP contribution in [0.1, 0.15) is 24.6 Å². The zero-order valence-corrected chi connectivity index (χ0v) is 12.2. The molecular weight excluding hydrogens is 294 g/mol. The second-order valence-electron chi connectivity index (χ2n) is 5.68. The number of para-hydroxylation sites is 1. The van der Waals surface area contributed by atoms with Gasteiger partial charge >= 0.3 is 0 Å². The first-order valence-electron chi connectivity index (χ1n) is 7.41. The second-order valence-corrected chi connectivity index (χ2v) is 5.68. The first-order chi connectivity index (χ1) is 11.1. The van der Waals surface area contributed by atoms with Crippen molar-refractivity contribution in [3.8, 4) is 5.69 Å². The Kier molecular flexibility index (Phi) is 2.97. The number of nitro benzene ring substituents is 1. The normalized spacial score (nSPS) is 14.1. The van der Waals surface area contributed by atoms with Gasteiger partial charge in [-0.15, -0.1) is 0 Å². The molecule has 1 saturated carbocycles. The van der Waals surface area contributed by atoms with Gasteiger partial charge in [-0.1, -0.05) is 12.1 Å². The molecule has 114 valence electrons. The summed E-state index contributed by atoms with van der Waals surface area (Å²) in [6, 6.07) is 13.7. The third-order valence-electron chi connectivity index (χ3n) is 4.08. The van der Waals surface area contributed by atoms with E-state index in [9.17, 15) is 14.9 Å². The van der Waals surface area contributed by atoms with Crippen molar-refractivity contribution in [3.63, 3.8) is 0 Å². The van der Waals surface area contributed by atoms with Crippen molar-refractivity contribution in [1.29, 1.82) is 0 Å². The number of benzene rings is 2. The molecule has 0 saturated heterocycles. The summed E-state index contributed by atoms with van der Waals surface area (Å²) in [5.41, 5.74) is 1.38. The molecule has 0 radical (unpaired) electrons. The molecular formula is C17H13N3O3. The van der Waals surface area contributed by atoms with Gasteiger partial charge in [-0.2, -0.15) is 4.98 Å². The van der Waals surface area contributed by atoms with Gasteiger partial charge in [-0.3, -0.25) is 19.5 Å². The Hall–Kier alpha value is -3.02. The molecule has 0 atom stereocenters. The summed E-state index contributed by atoms with van der Waals surface area (Å²) in [6.45, 7) is 0. The van der Waals surface area contributed by atoms with Crippen LogP contribution in [0.5, 0.6) is 0 Å². The van der Waals surface area contributed by atoms with E-state index in [1.54, 1.807) is 18.2 Å². The first kappa shape index (κ1) is 13.6. The highest BCUT2D eigenvalue weighted by molar-refractivity contribution is 5.80. The van der Waals surface area contributed by atoms with Crippen LogP contribution in [0.2, 0.25) is 0 Å². The molecule has 1 aliphatic carbocycles. The number of hydrogen-bond donors (Lipinski definition) is 0. The van der Waals surface area contributed by atoms with Crippen LogP contribution < -0.4 is 5.56 Å². The average Bonchev–Trinajstić information content (AvgIpc) is 3.40. The van der Waals surface area contributed by atoms with E-state index >= 15 is 0 Å². The number of rotatable bonds is 3. The Bertz CT molecular complexity index is 973. The van der Waals surface area contributed by atoms with Crippen LogP contribution >= 0.6 is 0 Å². The number of aromatic nitrogens is 2. The molecule has 6 heteroatoms. The van der Waals surface area contributed by atoms with Gasteiger partial charge in [0.15, 0.2) is 0 Å². The standard InChI is InChI=1S/C17H13N3O3/c21-17-14-3-1-2-4-15(14)19(16(18-17)11-5-6-11)12-7-9-13(10-8-12)20(22)23/h1-4,7-11H,5-6H2. The quantitative estimate of drug-likeness (QED) is 0.550. The minimum absolute atomic E-state index is 0.0417. The third kappa shape index (κ3) is 2.28. The summed E-state index contributed by atoms with van der Waals surface area (Å²) >= 11 is 0. The average molecular weight is 307 g/mol. The van der Waals surface area contributed by atoms with Crippen molar-refractivity contribution in [1.82, 2.24) is 9.55 Å². The Labute approximate surface area is 131 Å². The van der Waals surface area contributed by atoms with E-state index in [4.69, 9.17) is 0 Å². The van der Waals surface area contributed by atoms with Crippen LogP contribution in [0.15, 0.2) is 53.3 Å². The van der Waals surface area contributed by atoms with Crippen LogP contribution in [0.25, 0.3) is 16.6 Å². The maximum absolute atomic E-state index is 12.2. The predicted octanol–water partition coefficient (Wildman–Crippen LogP) is 3.17. The minimum Gasteiger partial charge on any atom is -0.297 e. The van der Waals surface area contributed by atoms with Gasteiger partial charge in [0.2, 0.25) is 0 Å². The largest absolute Gasteiger partial charge is 0.297 e.